The number of nitrogens with one attached hydrogen (secondary N) is 2. The number of hydrogen-bond acceptors (Lipinski definition) is 5. The zero-order valence-electron chi connectivity index (χ0n) is 13.9. The van der Waals surface area contributed by atoms with Gasteiger partial charge in [-0.05, 0) is 25.2 Å². The number of fused-ring (bicyclic) bond motifs is 1. The molecule has 0 radical (unpaired) electrons. The van der Waals surface area contributed by atoms with Gasteiger partial charge in [0, 0.05) is 37.2 Å². The van der Waals surface area contributed by atoms with Gasteiger partial charge in [-0.3, -0.25) is 4.79 Å². The second-order valence-electron chi connectivity index (χ2n) is 6.72. The van der Waals surface area contributed by atoms with Gasteiger partial charge in [0.2, 0.25) is 15.9 Å². The van der Waals surface area contributed by atoms with Crippen LogP contribution >= 0.6 is 24.2 Å². The van der Waals surface area contributed by atoms with Crippen LogP contribution in [0.15, 0.2) is 0 Å². The number of carbonyl (C=O) groups is 1. The smallest absolute Gasteiger partial charge is 0.237 e. The van der Waals surface area contributed by atoms with Crippen LogP contribution in [0, 0.1) is 5.92 Å². The molecule has 140 valence electrons. The maximum absolute atomic E-state index is 12.3. The lowest BCUT2D eigenvalue weighted by molar-refractivity contribution is -0.122. The summed E-state index contributed by atoms with van der Waals surface area (Å²) >= 11 is 1.79. The highest BCUT2D eigenvalue weighted by molar-refractivity contribution is 7.99. The molecule has 1 saturated carbocycles. The summed E-state index contributed by atoms with van der Waals surface area (Å²) in [7, 11) is -3.24. The molecule has 3 aliphatic rings. The first-order chi connectivity index (χ1) is 11.1. The molecule has 1 aliphatic carbocycles. The largest absolute Gasteiger partial charge is 0.354 e. The van der Waals surface area contributed by atoms with Crippen molar-refractivity contribution in [2.24, 2.45) is 5.92 Å². The number of sulfonamides is 1. The fourth-order valence-corrected chi connectivity index (χ4v) is 6.39. The summed E-state index contributed by atoms with van der Waals surface area (Å²) in [6.45, 7) is 1.39. The van der Waals surface area contributed by atoms with Crippen molar-refractivity contribution in [3.8, 4) is 0 Å². The van der Waals surface area contributed by atoms with Gasteiger partial charge in [-0.15, -0.1) is 12.4 Å². The normalized spacial score (nSPS) is 31.1. The van der Waals surface area contributed by atoms with Gasteiger partial charge in [-0.25, -0.2) is 12.7 Å². The molecule has 2 heterocycles. The number of halogens is 1. The van der Waals surface area contributed by atoms with Crippen molar-refractivity contribution in [3.05, 3.63) is 0 Å². The molecule has 3 rings (SSSR count). The van der Waals surface area contributed by atoms with Crippen LogP contribution in [0.1, 0.15) is 32.1 Å². The van der Waals surface area contributed by atoms with Crippen LogP contribution in [0.25, 0.3) is 0 Å². The average Bonchev–Trinajstić information content (AvgIpc) is 2.99. The molecule has 0 spiro atoms. The van der Waals surface area contributed by atoms with E-state index in [9.17, 15) is 13.2 Å². The second kappa shape index (κ2) is 9.07. The molecule has 0 aromatic carbocycles. The van der Waals surface area contributed by atoms with Crippen LogP contribution in [0.2, 0.25) is 0 Å². The molecule has 3 atom stereocenters. The van der Waals surface area contributed by atoms with E-state index in [0.717, 1.165) is 24.3 Å². The maximum Gasteiger partial charge on any atom is 0.237 e. The molecule has 3 unspecified atom stereocenters. The molecule has 24 heavy (non-hydrogen) atoms. The summed E-state index contributed by atoms with van der Waals surface area (Å²) < 4.78 is 26.0. The minimum absolute atomic E-state index is 0. The van der Waals surface area contributed by atoms with Crippen molar-refractivity contribution in [2.45, 2.75) is 44.2 Å². The van der Waals surface area contributed by atoms with Gasteiger partial charge in [0.25, 0.3) is 0 Å². The summed E-state index contributed by atoms with van der Waals surface area (Å²) in [5.41, 5.74) is 0. The van der Waals surface area contributed by atoms with E-state index in [4.69, 9.17) is 0 Å². The predicted molar refractivity (Wildman–Crippen MR) is 100 cm³/mol. The minimum atomic E-state index is -3.24. The SMILES string of the molecule is Cl.O=C(NCCS(=O)(=O)N1CCSCC1)C1CC2CCCCC2N1. The van der Waals surface area contributed by atoms with Crippen LogP contribution in [0.5, 0.6) is 0 Å². The van der Waals surface area contributed by atoms with E-state index >= 15 is 0 Å². The second-order valence-corrected chi connectivity index (χ2v) is 10.0. The van der Waals surface area contributed by atoms with Gasteiger partial charge in [0.05, 0.1) is 11.8 Å². The van der Waals surface area contributed by atoms with Crippen molar-refractivity contribution < 1.29 is 13.2 Å². The summed E-state index contributed by atoms with van der Waals surface area (Å²) in [5.74, 6) is 2.31. The van der Waals surface area contributed by atoms with E-state index in [2.05, 4.69) is 10.6 Å². The van der Waals surface area contributed by atoms with Gasteiger partial charge in [0.1, 0.15) is 0 Å². The summed E-state index contributed by atoms with van der Waals surface area (Å²) in [6.07, 6.45) is 5.78. The molecule has 0 bridgehead atoms. The number of nitrogens with zero attached hydrogens (tertiary/aromatic N) is 1. The topological polar surface area (TPSA) is 78.5 Å². The fraction of sp³-hybridized carbons (Fsp3) is 0.933. The Balaban J connectivity index is 0.00000208. The predicted octanol–water partition coefficient (Wildman–Crippen LogP) is 0.824. The van der Waals surface area contributed by atoms with Crippen molar-refractivity contribution in [2.75, 3.05) is 36.9 Å². The highest BCUT2D eigenvalue weighted by atomic mass is 35.5. The average molecular weight is 398 g/mol. The molecular formula is C15H28ClN3O3S2. The molecule has 6 nitrogen and oxygen atoms in total. The van der Waals surface area contributed by atoms with E-state index in [0.29, 0.717) is 25.0 Å². The number of thioether (sulfide) groups is 1. The molecule has 1 amide bonds. The van der Waals surface area contributed by atoms with Crippen LogP contribution in [-0.4, -0.2) is 67.6 Å². The zero-order chi connectivity index (χ0) is 16.3. The van der Waals surface area contributed by atoms with Crippen molar-refractivity contribution in [3.63, 3.8) is 0 Å². The van der Waals surface area contributed by atoms with Crippen molar-refractivity contribution in [1.82, 2.24) is 14.9 Å². The summed E-state index contributed by atoms with van der Waals surface area (Å²) in [6, 6.07) is 0.339. The Kier molecular flexibility index (Phi) is 7.67. The first kappa shape index (κ1) is 20.3. The van der Waals surface area contributed by atoms with Gasteiger partial charge in [-0.1, -0.05) is 12.8 Å². The van der Waals surface area contributed by atoms with Crippen LogP contribution in [0.3, 0.4) is 0 Å². The Labute approximate surface area is 155 Å². The van der Waals surface area contributed by atoms with E-state index < -0.39 is 10.0 Å². The molecular weight excluding hydrogens is 370 g/mol. The number of carbonyl (C=O) groups excluding carboxylic acids is 1. The van der Waals surface area contributed by atoms with Crippen LogP contribution in [-0.2, 0) is 14.8 Å². The lowest BCUT2D eigenvalue weighted by Gasteiger charge is -2.25. The third-order valence-electron chi connectivity index (χ3n) is 5.20. The quantitative estimate of drug-likeness (QED) is 0.718. The highest BCUT2D eigenvalue weighted by Crippen LogP contribution is 2.33. The minimum Gasteiger partial charge on any atom is -0.354 e. The van der Waals surface area contributed by atoms with E-state index in [-0.39, 0.29) is 36.7 Å². The Morgan fingerprint density at radius 1 is 1.21 bits per heavy atom. The van der Waals surface area contributed by atoms with Crippen molar-refractivity contribution >= 4 is 40.1 Å². The summed E-state index contributed by atoms with van der Waals surface area (Å²) in [5, 5.41) is 6.25. The number of hydrogen-bond donors (Lipinski definition) is 2. The molecule has 0 aromatic heterocycles. The molecule has 2 aliphatic heterocycles. The lowest BCUT2D eigenvalue weighted by Crippen LogP contribution is -2.46. The first-order valence-corrected chi connectivity index (χ1v) is 11.4. The van der Waals surface area contributed by atoms with Gasteiger partial charge >= 0.3 is 0 Å². The first-order valence-electron chi connectivity index (χ1n) is 8.65. The van der Waals surface area contributed by atoms with Gasteiger partial charge in [0.15, 0.2) is 0 Å². The maximum atomic E-state index is 12.3. The van der Waals surface area contributed by atoms with E-state index in [1.165, 1.54) is 19.3 Å². The standard InChI is InChI=1S/C15H27N3O3S2.ClH/c19-15(14-11-12-3-1-2-4-13(12)17-14)16-5-10-23(20,21)18-6-8-22-9-7-18;/h12-14,17H,1-11H2,(H,16,19);1H. The Hall–Kier alpha value is -0.0200. The third-order valence-corrected chi connectivity index (χ3v) is 8.02. The highest BCUT2D eigenvalue weighted by Gasteiger charge is 2.38. The molecule has 0 aromatic rings. The Morgan fingerprint density at radius 2 is 1.92 bits per heavy atom. The van der Waals surface area contributed by atoms with E-state index in [1.54, 1.807) is 16.1 Å². The van der Waals surface area contributed by atoms with Crippen LogP contribution < -0.4 is 10.6 Å². The number of rotatable bonds is 5. The fourth-order valence-electron chi connectivity index (χ4n) is 3.90. The molecule has 2 N–H and O–H groups in total. The van der Waals surface area contributed by atoms with Crippen molar-refractivity contribution in [1.29, 1.82) is 0 Å². The lowest BCUT2D eigenvalue weighted by atomic mass is 9.85. The third kappa shape index (κ3) is 5.00. The molecule has 3 fully saturated rings. The Morgan fingerprint density at radius 3 is 2.62 bits per heavy atom. The monoisotopic (exact) mass is 397 g/mol. The summed E-state index contributed by atoms with van der Waals surface area (Å²) in [4.78, 5) is 12.3. The molecule has 2 saturated heterocycles. The number of amides is 1. The molecule has 9 heteroatoms. The van der Waals surface area contributed by atoms with E-state index in [1.807, 2.05) is 0 Å². The van der Waals surface area contributed by atoms with Gasteiger partial charge in [-0.2, -0.15) is 11.8 Å². The Bertz CT molecular complexity index is 512. The zero-order valence-corrected chi connectivity index (χ0v) is 16.4. The van der Waals surface area contributed by atoms with Crippen LogP contribution in [0.4, 0.5) is 0 Å². The van der Waals surface area contributed by atoms with Gasteiger partial charge < -0.3 is 10.6 Å².